The molecule has 0 aliphatic rings. The molecule has 8 nitrogen and oxygen atoms in total. The molecule has 0 fully saturated rings. The minimum Gasteiger partial charge on any atom is -0.394 e. The van der Waals surface area contributed by atoms with Crippen molar-refractivity contribution in [1.82, 2.24) is 0 Å². The van der Waals surface area contributed by atoms with Gasteiger partial charge in [0.25, 0.3) is 5.69 Å². The molecule has 1 rings (SSSR count). The summed E-state index contributed by atoms with van der Waals surface area (Å²) in [6.45, 7) is 1.09. The van der Waals surface area contributed by atoms with Crippen LogP contribution in [0.5, 0.6) is 0 Å². The van der Waals surface area contributed by atoms with Crippen molar-refractivity contribution in [3.63, 3.8) is 0 Å². The van der Waals surface area contributed by atoms with Gasteiger partial charge in [-0.05, 0) is 12.5 Å². The van der Waals surface area contributed by atoms with Crippen LogP contribution in [-0.4, -0.2) is 52.1 Å². The van der Waals surface area contributed by atoms with E-state index in [1.54, 1.807) is 6.07 Å². The van der Waals surface area contributed by atoms with Gasteiger partial charge in [-0.1, -0.05) is 6.92 Å². The second-order valence-electron chi connectivity index (χ2n) is 4.83. The predicted octanol–water partition coefficient (Wildman–Crippen LogP) is 0.544. The Labute approximate surface area is 122 Å². The second kappa shape index (κ2) is 7.77. The van der Waals surface area contributed by atoms with Gasteiger partial charge >= 0.3 is 0 Å². The van der Waals surface area contributed by atoms with Gasteiger partial charge in [-0.25, -0.2) is 0 Å². The van der Waals surface area contributed by atoms with E-state index in [0.29, 0.717) is 17.9 Å². The largest absolute Gasteiger partial charge is 0.394 e. The van der Waals surface area contributed by atoms with Gasteiger partial charge in [0.05, 0.1) is 24.7 Å². The lowest BCUT2D eigenvalue weighted by molar-refractivity contribution is -0.384. The maximum absolute atomic E-state index is 11.0. The first-order valence-electron chi connectivity index (χ1n) is 6.64. The highest BCUT2D eigenvalue weighted by Gasteiger charge is 2.28. The van der Waals surface area contributed by atoms with E-state index < -0.39 is 30.3 Å². The fraction of sp³-hybridized carbons (Fsp3) is 0.538. The molecule has 1 aromatic carbocycles. The van der Waals surface area contributed by atoms with Crippen LogP contribution in [0.3, 0.4) is 0 Å². The molecule has 0 bridgehead atoms. The van der Waals surface area contributed by atoms with Crippen LogP contribution in [0.15, 0.2) is 18.2 Å². The molecule has 21 heavy (non-hydrogen) atoms. The van der Waals surface area contributed by atoms with Crippen molar-refractivity contribution in [1.29, 1.82) is 0 Å². The van der Waals surface area contributed by atoms with Gasteiger partial charge < -0.3 is 26.0 Å². The Balaban J connectivity index is 3.09. The molecule has 118 valence electrons. The first-order chi connectivity index (χ1) is 10.00. The number of hydrogen-bond acceptors (Lipinski definition) is 7. The lowest BCUT2D eigenvalue weighted by Crippen LogP contribution is -2.49. The highest BCUT2D eigenvalue weighted by atomic mass is 16.6. The Hall–Kier alpha value is -1.90. The van der Waals surface area contributed by atoms with E-state index in [1.807, 2.05) is 6.92 Å². The Morgan fingerprint density at radius 2 is 1.71 bits per heavy atom. The number of non-ortho nitro benzene ring substituents is 1. The summed E-state index contributed by atoms with van der Waals surface area (Å²) < 4.78 is 0. The lowest BCUT2D eigenvalue weighted by Gasteiger charge is -2.30. The fourth-order valence-corrected chi connectivity index (χ4v) is 1.73. The van der Waals surface area contributed by atoms with Gasteiger partial charge in [-0.2, -0.15) is 0 Å². The summed E-state index contributed by atoms with van der Waals surface area (Å²) in [4.78, 5) is 10.4. The third kappa shape index (κ3) is 4.55. The van der Waals surface area contributed by atoms with E-state index in [4.69, 9.17) is 0 Å². The van der Waals surface area contributed by atoms with Gasteiger partial charge in [0, 0.05) is 30.1 Å². The van der Waals surface area contributed by atoms with Crippen LogP contribution in [-0.2, 0) is 0 Å². The minimum atomic E-state index is -1.34. The number of nitro groups is 1. The highest BCUT2D eigenvalue weighted by Crippen LogP contribution is 2.26. The Morgan fingerprint density at radius 3 is 2.19 bits per heavy atom. The molecule has 1 aromatic rings. The van der Waals surface area contributed by atoms with Crippen molar-refractivity contribution in [3.8, 4) is 0 Å². The molecule has 8 heteroatoms. The Bertz CT molecular complexity index is 469. The highest BCUT2D eigenvalue weighted by molar-refractivity contribution is 5.64. The van der Waals surface area contributed by atoms with Crippen LogP contribution >= 0.6 is 0 Å². The van der Waals surface area contributed by atoms with Gasteiger partial charge in [-0.15, -0.1) is 0 Å². The summed E-state index contributed by atoms with van der Waals surface area (Å²) in [7, 11) is 0. The molecule has 0 aliphatic heterocycles. The predicted molar refractivity (Wildman–Crippen MR) is 79.5 cm³/mol. The van der Waals surface area contributed by atoms with Gasteiger partial charge in [-0.3, -0.25) is 10.1 Å². The normalized spacial score (nSPS) is 11.2. The first-order valence-corrected chi connectivity index (χ1v) is 6.64. The maximum Gasteiger partial charge on any atom is 0.273 e. The molecular formula is C13H21N3O5. The number of anilines is 2. The number of hydrogen-bond donors (Lipinski definition) is 5. The zero-order valence-electron chi connectivity index (χ0n) is 11.9. The summed E-state index contributed by atoms with van der Waals surface area (Å²) in [6, 6.07) is 4.31. The van der Waals surface area contributed by atoms with E-state index in [2.05, 4.69) is 10.6 Å². The van der Waals surface area contributed by atoms with Crippen LogP contribution in [0.4, 0.5) is 17.1 Å². The number of benzene rings is 1. The average molecular weight is 299 g/mol. The molecule has 0 saturated carbocycles. The van der Waals surface area contributed by atoms with Gasteiger partial charge in [0.15, 0.2) is 0 Å². The van der Waals surface area contributed by atoms with Crippen molar-refractivity contribution in [2.75, 3.05) is 37.0 Å². The first kappa shape index (κ1) is 17.2. The number of nitrogens with one attached hydrogen (secondary N) is 2. The minimum absolute atomic E-state index is 0.124. The van der Waals surface area contributed by atoms with Crippen molar-refractivity contribution in [2.45, 2.75) is 18.9 Å². The molecular weight excluding hydrogens is 278 g/mol. The summed E-state index contributed by atoms with van der Waals surface area (Å²) >= 11 is 0. The second-order valence-corrected chi connectivity index (χ2v) is 4.83. The fourth-order valence-electron chi connectivity index (χ4n) is 1.73. The standard InChI is InChI=1S/C13H21N3O5/c1-2-3-14-10-4-11(6-12(5-10)16(20)21)15-13(7-17,8-18)9-19/h4-6,14-15,17-19H,2-3,7-9H2,1H3. The van der Waals surface area contributed by atoms with Crippen molar-refractivity contribution in [3.05, 3.63) is 28.3 Å². The third-order valence-corrected chi connectivity index (χ3v) is 3.03. The summed E-state index contributed by atoms with van der Waals surface area (Å²) in [5, 5.41) is 44.6. The third-order valence-electron chi connectivity index (χ3n) is 3.03. The summed E-state index contributed by atoms with van der Waals surface area (Å²) in [5.41, 5.74) is -0.574. The molecule has 0 unspecified atom stereocenters. The SMILES string of the molecule is CCCNc1cc(NC(CO)(CO)CO)cc([N+](=O)[O-])c1. The summed E-state index contributed by atoms with van der Waals surface area (Å²) in [5.74, 6) is 0. The molecule has 0 saturated heterocycles. The molecule has 0 atom stereocenters. The van der Waals surface area contributed by atoms with Gasteiger partial charge in [0.1, 0.15) is 5.54 Å². The smallest absolute Gasteiger partial charge is 0.273 e. The molecule has 0 aliphatic carbocycles. The van der Waals surface area contributed by atoms with Crippen molar-refractivity contribution in [2.24, 2.45) is 0 Å². The zero-order chi connectivity index (χ0) is 15.9. The molecule has 0 heterocycles. The van der Waals surface area contributed by atoms with Crippen LogP contribution in [0.2, 0.25) is 0 Å². The van der Waals surface area contributed by atoms with Crippen LogP contribution < -0.4 is 10.6 Å². The monoisotopic (exact) mass is 299 g/mol. The molecule has 0 amide bonds. The van der Waals surface area contributed by atoms with E-state index in [1.165, 1.54) is 12.1 Å². The number of aliphatic hydroxyl groups is 3. The van der Waals surface area contributed by atoms with E-state index >= 15 is 0 Å². The molecule has 0 spiro atoms. The summed E-state index contributed by atoms with van der Waals surface area (Å²) in [6.07, 6.45) is 0.860. The quantitative estimate of drug-likeness (QED) is 0.332. The molecule has 0 radical (unpaired) electrons. The topological polar surface area (TPSA) is 128 Å². The number of rotatable bonds is 9. The number of nitrogens with zero attached hydrogens (tertiary/aromatic N) is 1. The van der Waals surface area contributed by atoms with Gasteiger partial charge in [0.2, 0.25) is 0 Å². The Morgan fingerprint density at radius 1 is 1.14 bits per heavy atom. The molecule has 0 aromatic heterocycles. The number of nitro benzene ring substituents is 1. The van der Waals surface area contributed by atoms with E-state index in [0.717, 1.165) is 6.42 Å². The van der Waals surface area contributed by atoms with Crippen molar-refractivity contribution >= 4 is 17.1 Å². The Kier molecular flexibility index (Phi) is 6.35. The zero-order valence-corrected chi connectivity index (χ0v) is 11.9. The molecule has 5 N–H and O–H groups in total. The van der Waals surface area contributed by atoms with Crippen LogP contribution in [0, 0.1) is 10.1 Å². The van der Waals surface area contributed by atoms with Crippen molar-refractivity contribution < 1.29 is 20.2 Å². The van der Waals surface area contributed by atoms with Crippen LogP contribution in [0.25, 0.3) is 0 Å². The van der Waals surface area contributed by atoms with E-state index in [-0.39, 0.29) is 5.69 Å². The average Bonchev–Trinajstić information content (AvgIpc) is 2.50. The van der Waals surface area contributed by atoms with Crippen LogP contribution in [0.1, 0.15) is 13.3 Å². The maximum atomic E-state index is 11.0. The van der Waals surface area contributed by atoms with E-state index in [9.17, 15) is 25.4 Å². The number of aliphatic hydroxyl groups excluding tert-OH is 3. The lowest BCUT2D eigenvalue weighted by atomic mass is 10.0.